The Kier molecular flexibility index (Phi) is 4.81. The van der Waals surface area contributed by atoms with Crippen LogP contribution >= 0.6 is 0 Å². The molecular weight excluding hydrogens is 338 g/mol. The number of piperazine rings is 1. The molecule has 0 bridgehead atoms. The van der Waals surface area contributed by atoms with Gasteiger partial charge in [-0.1, -0.05) is 35.9 Å². The van der Waals surface area contributed by atoms with Crippen LogP contribution in [0.25, 0.3) is 11.0 Å². The maximum Gasteiger partial charge on any atom is 0.327 e. The first-order valence-electron chi connectivity index (χ1n) is 9.35. The standard InChI is InChI=1S/C21H25N5O/c1-16-6-8-17(9-7-16)14-22-21(27)26-15-23-20-18(4-3-5-19(20)26)25-12-10-24(2)11-13-25/h3-9,15H,10-14H2,1-2H3,(H,22,27). The van der Waals surface area contributed by atoms with E-state index in [1.54, 1.807) is 10.9 Å². The maximum atomic E-state index is 12.7. The van der Waals surface area contributed by atoms with E-state index in [9.17, 15) is 4.79 Å². The second kappa shape index (κ2) is 7.40. The van der Waals surface area contributed by atoms with Gasteiger partial charge in [-0.2, -0.15) is 0 Å². The van der Waals surface area contributed by atoms with E-state index in [0.717, 1.165) is 48.5 Å². The molecule has 1 saturated heterocycles. The number of para-hydroxylation sites is 1. The Morgan fingerprint density at radius 1 is 1.07 bits per heavy atom. The number of hydrogen-bond donors (Lipinski definition) is 1. The molecule has 1 aromatic heterocycles. The summed E-state index contributed by atoms with van der Waals surface area (Å²) in [5.41, 5.74) is 5.12. The zero-order chi connectivity index (χ0) is 18.8. The Balaban J connectivity index is 1.53. The number of carbonyl (C=O) groups is 1. The van der Waals surface area contributed by atoms with Crippen LogP contribution in [0.5, 0.6) is 0 Å². The van der Waals surface area contributed by atoms with Crippen LogP contribution in [0.4, 0.5) is 10.5 Å². The molecular formula is C21H25N5O. The molecule has 140 valence electrons. The van der Waals surface area contributed by atoms with E-state index in [2.05, 4.69) is 52.3 Å². The van der Waals surface area contributed by atoms with Crippen LogP contribution < -0.4 is 10.2 Å². The molecule has 2 heterocycles. The lowest BCUT2D eigenvalue weighted by molar-refractivity contribution is 0.243. The third-order valence-electron chi connectivity index (χ3n) is 5.18. The quantitative estimate of drug-likeness (QED) is 0.777. The van der Waals surface area contributed by atoms with Crippen molar-refractivity contribution in [3.8, 4) is 0 Å². The predicted octanol–water partition coefficient (Wildman–Crippen LogP) is 2.85. The van der Waals surface area contributed by atoms with Crippen LogP contribution in [-0.4, -0.2) is 53.7 Å². The van der Waals surface area contributed by atoms with Gasteiger partial charge < -0.3 is 15.1 Å². The van der Waals surface area contributed by atoms with E-state index >= 15 is 0 Å². The lowest BCUT2D eigenvalue weighted by Gasteiger charge is -2.34. The van der Waals surface area contributed by atoms with Crippen molar-refractivity contribution in [2.45, 2.75) is 13.5 Å². The van der Waals surface area contributed by atoms with Gasteiger partial charge in [-0.15, -0.1) is 0 Å². The van der Waals surface area contributed by atoms with E-state index in [1.165, 1.54) is 5.56 Å². The first-order chi connectivity index (χ1) is 13.1. The average Bonchev–Trinajstić information content (AvgIpc) is 3.12. The number of imidazole rings is 1. The summed E-state index contributed by atoms with van der Waals surface area (Å²) in [7, 11) is 2.14. The molecule has 0 aliphatic carbocycles. The summed E-state index contributed by atoms with van der Waals surface area (Å²) in [5.74, 6) is 0. The minimum atomic E-state index is -0.159. The Morgan fingerprint density at radius 3 is 2.56 bits per heavy atom. The third-order valence-corrected chi connectivity index (χ3v) is 5.18. The van der Waals surface area contributed by atoms with E-state index in [1.807, 2.05) is 24.3 Å². The molecule has 0 unspecified atom stereocenters. The number of likely N-dealkylation sites (N-methyl/N-ethyl adjacent to an activating group) is 1. The second-order valence-corrected chi connectivity index (χ2v) is 7.19. The van der Waals surface area contributed by atoms with Crippen LogP contribution in [0.15, 0.2) is 48.8 Å². The number of fused-ring (bicyclic) bond motifs is 1. The first kappa shape index (κ1) is 17.5. The molecule has 1 amide bonds. The number of aryl methyl sites for hydroxylation is 1. The summed E-state index contributed by atoms with van der Waals surface area (Å²) in [6.07, 6.45) is 1.62. The molecule has 27 heavy (non-hydrogen) atoms. The van der Waals surface area contributed by atoms with Crippen LogP contribution in [0, 0.1) is 6.92 Å². The van der Waals surface area contributed by atoms with Gasteiger partial charge >= 0.3 is 6.03 Å². The van der Waals surface area contributed by atoms with Gasteiger partial charge in [-0.3, -0.25) is 4.57 Å². The number of carbonyl (C=O) groups excluding carboxylic acids is 1. The predicted molar refractivity (Wildman–Crippen MR) is 108 cm³/mol. The second-order valence-electron chi connectivity index (χ2n) is 7.19. The van der Waals surface area contributed by atoms with Crippen LogP contribution in [0.1, 0.15) is 11.1 Å². The fourth-order valence-corrected chi connectivity index (χ4v) is 3.46. The number of hydrogen-bond acceptors (Lipinski definition) is 4. The van der Waals surface area contributed by atoms with Gasteiger partial charge in [-0.25, -0.2) is 9.78 Å². The highest BCUT2D eigenvalue weighted by Gasteiger charge is 2.19. The van der Waals surface area contributed by atoms with Crippen molar-refractivity contribution < 1.29 is 4.79 Å². The van der Waals surface area contributed by atoms with Crippen LogP contribution in [0.2, 0.25) is 0 Å². The summed E-state index contributed by atoms with van der Waals surface area (Å²) in [4.78, 5) is 21.9. The van der Waals surface area contributed by atoms with Gasteiger partial charge in [0.2, 0.25) is 0 Å². The van der Waals surface area contributed by atoms with E-state index < -0.39 is 0 Å². The first-order valence-corrected chi connectivity index (χ1v) is 9.35. The molecule has 1 fully saturated rings. The highest BCUT2D eigenvalue weighted by Crippen LogP contribution is 2.26. The third kappa shape index (κ3) is 3.66. The molecule has 4 rings (SSSR count). The van der Waals surface area contributed by atoms with Crippen molar-refractivity contribution in [1.82, 2.24) is 19.8 Å². The van der Waals surface area contributed by atoms with Crippen molar-refractivity contribution >= 4 is 22.8 Å². The number of benzene rings is 2. The minimum Gasteiger partial charge on any atom is -0.367 e. The SMILES string of the molecule is Cc1ccc(CNC(=O)n2cnc3c(N4CCN(C)CC4)cccc32)cc1. The van der Waals surface area contributed by atoms with E-state index in [0.29, 0.717) is 6.54 Å². The molecule has 0 atom stereocenters. The van der Waals surface area contributed by atoms with Crippen molar-refractivity contribution in [3.63, 3.8) is 0 Å². The lowest BCUT2D eigenvalue weighted by atomic mass is 10.1. The Morgan fingerprint density at radius 2 is 1.81 bits per heavy atom. The van der Waals surface area contributed by atoms with Gasteiger partial charge in [-0.05, 0) is 31.7 Å². The molecule has 6 heteroatoms. The van der Waals surface area contributed by atoms with Gasteiger partial charge in [0.25, 0.3) is 0 Å². The van der Waals surface area contributed by atoms with Gasteiger partial charge in [0.05, 0.1) is 11.2 Å². The number of rotatable bonds is 3. The Labute approximate surface area is 159 Å². The topological polar surface area (TPSA) is 53.4 Å². The van der Waals surface area contributed by atoms with Crippen molar-refractivity contribution in [2.24, 2.45) is 0 Å². The molecule has 0 saturated carbocycles. The summed E-state index contributed by atoms with van der Waals surface area (Å²) in [5, 5.41) is 2.98. The molecule has 3 aromatic rings. The fraction of sp³-hybridized carbons (Fsp3) is 0.333. The van der Waals surface area contributed by atoms with Gasteiger partial charge in [0.1, 0.15) is 11.8 Å². The zero-order valence-electron chi connectivity index (χ0n) is 15.9. The fourth-order valence-electron chi connectivity index (χ4n) is 3.46. The van der Waals surface area contributed by atoms with Gasteiger partial charge in [0, 0.05) is 32.7 Å². The van der Waals surface area contributed by atoms with E-state index in [-0.39, 0.29) is 6.03 Å². The number of nitrogens with zero attached hydrogens (tertiary/aromatic N) is 4. The molecule has 0 spiro atoms. The van der Waals surface area contributed by atoms with Crippen LogP contribution in [-0.2, 0) is 6.54 Å². The zero-order valence-corrected chi connectivity index (χ0v) is 15.9. The van der Waals surface area contributed by atoms with Crippen molar-refractivity contribution in [1.29, 1.82) is 0 Å². The summed E-state index contributed by atoms with van der Waals surface area (Å²) in [6, 6.07) is 14.1. The smallest absolute Gasteiger partial charge is 0.327 e. The monoisotopic (exact) mass is 363 g/mol. The average molecular weight is 363 g/mol. The number of aromatic nitrogens is 2. The van der Waals surface area contributed by atoms with Crippen molar-refractivity contribution in [3.05, 3.63) is 59.9 Å². The highest BCUT2D eigenvalue weighted by atomic mass is 16.2. The molecule has 2 aromatic carbocycles. The minimum absolute atomic E-state index is 0.159. The molecule has 1 N–H and O–H groups in total. The lowest BCUT2D eigenvalue weighted by Crippen LogP contribution is -2.44. The Hall–Kier alpha value is -2.86. The highest BCUT2D eigenvalue weighted by molar-refractivity contribution is 5.95. The van der Waals surface area contributed by atoms with E-state index in [4.69, 9.17) is 0 Å². The number of nitrogens with one attached hydrogen (secondary N) is 1. The summed E-state index contributed by atoms with van der Waals surface area (Å²) >= 11 is 0. The molecule has 1 aliphatic heterocycles. The normalized spacial score (nSPS) is 15.3. The number of amides is 1. The van der Waals surface area contributed by atoms with Crippen LogP contribution in [0.3, 0.4) is 0 Å². The maximum absolute atomic E-state index is 12.7. The number of anilines is 1. The summed E-state index contributed by atoms with van der Waals surface area (Å²) in [6.45, 7) is 6.57. The van der Waals surface area contributed by atoms with Crippen molar-refractivity contribution in [2.75, 3.05) is 38.1 Å². The molecule has 6 nitrogen and oxygen atoms in total. The Bertz CT molecular complexity index is 939. The summed E-state index contributed by atoms with van der Waals surface area (Å²) < 4.78 is 1.60. The molecule has 1 aliphatic rings. The molecule has 0 radical (unpaired) electrons. The largest absolute Gasteiger partial charge is 0.367 e. The van der Waals surface area contributed by atoms with Gasteiger partial charge in [0.15, 0.2) is 0 Å².